The minimum Gasteiger partial charge on any atom is -1.00 e. The van der Waals surface area contributed by atoms with E-state index in [1.807, 2.05) is 6.07 Å². The Morgan fingerprint density at radius 2 is 1.92 bits per heavy atom. The van der Waals surface area contributed by atoms with E-state index in [1.54, 1.807) is 16.4 Å². The fraction of sp³-hybridized carbons (Fsp3) is 0. The van der Waals surface area contributed by atoms with Crippen molar-refractivity contribution < 1.29 is 12.4 Å². The number of hydrogen-bond donors (Lipinski definition) is 0. The number of aromatic nitrogens is 1. The fourth-order valence-electron chi connectivity index (χ4n) is 0.755. The summed E-state index contributed by atoms with van der Waals surface area (Å²) in [6.07, 6.45) is 0. The smallest absolute Gasteiger partial charge is 0.323 e. The quantitative estimate of drug-likeness (QED) is 0.506. The lowest BCUT2D eigenvalue weighted by Crippen LogP contribution is -3.00. The van der Waals surface area contributed by atoms with E-state index in [1.165, 1.54) is 10.5 Å². The van der Waals surface area contributed by atoms with E-state index in [9.17, 15) is 0 Å². The van der Waals surface area contributed by atoms with Crippen molar-refractivity contribution in [3.8, 4) is 0 Å². The van der Waals surface area contributed by atoms with E-state index in [0.717, 1.165) is 10.2 Å². The lowest BCUT2D eigenvalue weighted by molar-refractivity contribution is -0.00000189. The van der Waals surface area contributed by atoms with Crippen molar-refractivity contribution in [1.82, 2.24) is 4.37 Å². The summed E-state index contributed by atoms with van der Waals surface area (Å²) >= 11 is 11.6. The summed E-state index contributed by atoms with van der Waals surface area (Å²) in [7, 11) is 3.04. The van der Waals surface area contributed by atoms with Crippen LogP contribution in [0.3, 0.4) is 0 Å². The molecule has 12 heavy (non-hydrogen) atoms. The van der Waals surface area contributed by atoms with Gasteiger partial charge in [-0.1, -0.05) is 23.2 Å². The van der Waals surface area contributed by atoms with Gasteiger partial charge in [0.15, 0.2) is 0 Å². The first-order valence-corrected chi connectivity index (χ1v) is 5.67. The second-order valence-electron chi connectivity index (χ2n) is 1.98. The molecule has 2 rings (SSSR count). The van der Waals surface area contributed by atoms with Crippen molar-refractivity contribution in [2.45, 2.75) is 0 Å². The van der Waals surface area contributed by atoms with E-state index in [4.69, 9.17) is 23.2 Å². The number of benzene rings is 1. The molecule has 0 spiro atoms. The highest BCUT2D eigenvalue weighted by atomic mass is 35.5. The predicted octanol–water partition coefficient (Wildman–Crippen LogP) is 0.950. The van der Waals surface area contributed by atoms with Crippen molar-refractivity contribution >= 4 is 54.3 Å². The van der Waals surface area contributed by atoms with Gasteiger partial charge in [0.05, 0.1) is 10.0 Å². The van der Waals surface area contributed by atoms with Crippen molar-refractivity contribution in [3.05, 3.63) is 22.2 Å². The summed E-state index contributed by atoms with van der Waals surface area (Å²) in [6.45, 7) is 0. The Labute approximate surface area is 92.9 Å². The average molecular weight is 259 g/mol. The maximum Gasteiger partial charge on any atom is 0.323 e. The summed E-state index contributed by atoms with van der Waals surface area (Å²) in [5, 5.41) is 1.16. The Hall–Kier alpha value is 0.330. The average Bonchev–Trinajstić information content (AvgIpc) is 2.36. The van der Waals surface area contributed by atoms with Crippen LogP contribution in [0.25, 0.3) is 10.2 Å². The molecule has 1 aromatic carbocycles. The van der Waals surface area contributed by atoms with Gasteiger partial charge in [-0.3, -0.25) is 0 Å². The molecule has 0 saturated heterocycles. The van der Waals surface area contributed by atoms with E-state index in [-0.39, 0.29) is 12.4 Å². The summed E-state index contributed by atoms with van der Waals surface area (Å²) in [5.41, 5.74) is 0.925. The van der Waals surface area contributed by atoms with Gasteiger partial charge in [0.1, 0.15) is 5.52 Å². The van der Waals surface area contributed by atoms with Gasteiger partial charge in [-0.25, -0.2) is 0 Å². The van der Waals surface area contributed by atoms with Crippen LogP contribution >= 0.6 is 44.1 Å². The molecule has 0 N–H and O–H groups in total. The minimum atomic E-state index is 0. The standard InChI is InChI=1S/C6H2Cl2NS2.ClH/c7-3-1-5-6(2-4(3)8)10-11-9-5;/h1-2H;1H/q+1;/p-1. The van der Waals surface area contributed by atoms with Gasteiger partial charge in [0.25, 0.3) is 15.2 Å². The monoisotopic (exact) mass is 257 g/mol. The van der Waals surface area contributed by atoms with Crippen LogP contribution in [0.15, 0.2) is 12.1 Å². The third kappa shape index (κ3) is 1.80. The van der Waals surface area contributed by atoms with E-state index in [0.29, 0.717) is 10.0 Å². The van der Waals surface area contributed by atoms with E-state index in [2.05, 4.69) is 4.37 Å². The molecule has 0 atom stereocenters. The Morgan fingerprint density at radius 1 is 1.25 bits per heavy atom. The Kier molecular flexibility index (Phi) is 3.49. The number of hydrogen-bond acceptors (Lipinski definition) is 2. The molecule has 1 aromatic heterocycles. The first-order chi connectivity index (χ1) is 5.27. The van der Waals surface area contributed by atoms with Crippen LogP contribution < -0.4 is 12.4 Å². The van der Waals surface area contributed by atoms with Crippen LogP contribution in [-0.2, 0) is 0 Å². The largest absolute Gasteiger partial charge is 1.00 e. The Bertz CT molecular complexity index is 365. The molecule has 0 saturated carbocycles. The highest BCUT2D eigenvalue weighted by molar-refractivity contribution is 7.69. The maximum atomic E-state index is 5.80. The number of fused-ring (bicyclic) bond motifs is 1. The van der Waals surface area contributed by atoms with E-state index < -0.39 is 0 Å². The third-order valence-corrected chi connectivity index (χ3v) is 3.82. The summed E-state index contributed by atoms with van der Waals surface area (Å²) in [5.74, 6) is 0. The van der Waals surface area contributed by atoms with Crippen molar-refractivity contribution in [2.24, 2.45) is 0 Å². The number of nitrogens with zero attached hydrogens (tertiary/aromatic N) is 1. The fourth-order valence-corrected chi connectivity index (χ4v) is 2.90. The van der Waals surface area contributed by atoms with Gasteiger partial charge in [-0.15, -0.1) is 4.37 Å². The number of rotatable bonds is 0. The molecule has 0 aliphatic carbocycles. The predicted molar refractivity (Wildman–Crippen MR) is 51.9 cm³/mol. The molecule has 64 valence electrons. The van der Waals surface area contributed by atoms with Crippen LogP contribution in [0.4, 0.5) is 0 Å². The molecule has 0 aliphatic rings. The van der Waals surface area contributed by atoms with Gasteiger partial charge in [0, 0.05) is 6.07 Å². The number of halogens is 3. The molecule has 0 fully saturated rings. The lowest BCUT2D eigenvalue weighted by Gasteiger charge is -1.88. The molecule has 0 amide bonds. The zero-order chi connectivity index (χ0) is 7.84. The molecular weight excluding hydrogens is 257 g/mol. The van der Waals surface area contributed by atoms with Crippen LogP contribution in [0, 0.1) is 0 Å². The first-order valence-electron chi connectivity index (χ1n) is 2.81. The Balaban J connectivity index is 0.000000720. The van der Waals surface area contributed by atoms with Gasteiger partial charge >= 0.3 is 10.3 Å². The molecular formula is C6H2Cl3NS2. The Morgan fingerprint density at radius 3 is 2.67 bits per heavy atom. The van der Waals surface area contributed by atoms with Gasteiger partial charge in [-0.05, 0) is 6.07 Å². The maximum absolute atomic E-state index is 5.80. The second-order valence-corrected chi connectivity index (χ2v) is 4.68. The van der Waals surface area contributed by atoms with Crippen molar-refractivity contribution in [1.29, 1.82) is 0 Å². The molecule has 2 aromatic rings. The van der Waals surface area contributed by atoms with Crippen LogP contribution in [0.1, 0.15) is 0 Å². The molecule has 0 bridgehead atoms. The first kappa shape index (κ1) is 10.4. The highest BCUT2D eigenvalue weighted by Crippen LogP contribution is 2.30. The van der Waals surface area contributed by atoms with E-state index >= 15 is 0 Å². The lowest BCUT2D eigenvalue weighted by atomic mass is 10.3. The molecule has 0 radical (unpaired) electrons. The molecule has 0 aliphatic heterocycles. The van der Waals surface area contributed by atoms with Crippen molar-refractivity contribution in [3.63, 3.8) is 0 Å². The van der Waals surface area contributed by atoms with Gasteiger partial charge in [0.2, 0.25) is 0 Å². The SMILES string of the molecule is Clc1cc2ns[s+]c2cc1Cl.[Cl-]. The topological polar surface area (TPSA) is 12.9 Å². The second kappa shape index (κ2) is 4.03. The molecule has 0 unspecified atom stereocenters. The molecule has 1 nitrogen and oxygen atoms in total. The normalized spacial score (nSPS) is 9.83. The van der Waals surface area contributed by atoms with Gasteiger partial charge < -0.3 is 12.4 Å². The highest BCUT2D eigenvalue weighted by Gasteiger charge is 2.11. The minimum absolute atomic E-state index is 0. The molecule has 6 heteroatoms. The zero-order valence-electron chi connectivity index (χ0n) is 5.55. The molecule has 1 heterocycles. The van der Waals surface area contributed by atoms with Crippen LogP contribution in [-0.4, -0.2) is 4.37 Å². The van der Waals surface area contributed by atoms with Gasteiger partial charge in [-0.2, -0.15) is 0 Å². The van der Waals surface area contributed by atoms with Crippen molar-refractivity contribution in [2.75, 3.05) is 0 Å². The summed E-state index contributed by atoms with van der Waals surface area (Å²) in [6, 6.07) is 3.62. The summed E-state index contributed by atoms with van der Waals surface area (Å²) < 4.78 is 5.23. The summed E-state index contributed by atoms with van der Waals surface area (Å²) in [4.78, 5) is 0. The van der Waals surface area contributed by atoms with Crippen LogP contribution in [0.2, 0.25) is 10.0 Å². The zero-order valence-corrected chi connectivity index (χ0v) is 9.45. The van der Waals surface area contributed by atoms with Crippen LogP contribution in [0.5, 0.6) is 0 Å². The third-order valence-electron chi connectivity index (χ3n) is 1.26.